The van der Waals surface area contributed by atoms with Gasteiger partial charge in [0.25, 0.3) is 5.91 Å². The minimum Gasteiger partial charge on any atom is -0.493 e. The van der Waals surface area contributed by atoms with E-state index >= 15 is 0 Å². The Balaban J connectivity index is 1.70. The summed E-state index contributed by atoms with van der Waals surface area (Å²) in [6.45, 7) is 2.35. The molecule has 2 heterocycles. The van der Waals surface area contributed by atoms with Crippen LogP contribution in [0.5, 0.6) is 11.5 Å². The molecule has 1 N–H and O–H groups in total. The second-order valence-corrected chi connectivity index (χ2v) is 6.73. The lowest BCUT2D eigenvalue weighted by molar-refractivity contribution is 0.0947. The fourth-order valence-corrected chi connectivity index (χ4v) is 3.19. The molecule has 1 amide bonds. The summed E-state index contributed by atoms with van der Waals surface area (Å²) >= 11 is 3.43. The van der Waals surface area contributed by atoms with Crippen molar-refractivity contribution in [2.75, 3.05) is 20.8 Å². The lowest BCUT2D eigenvalue weighted by Crippen LogP contribution is -2.27. The second kappa shape index (κ2) is 7.78. The summed E-state index contributed by atoms with van der Waals surface area (Å²) in [5.74, 6) is 1.22. The van der Waals surface area contributed by atoms with Crippen LogP contribution in [0.3, 0.4) is 0 Å². The van der Waals surface area contributed by atoms with E-state index in [1.165, 1.54) is 0 Å². The predicted molar refractivity (Wildman–Crippen MR) is 103 cm³/mol. The maximum absolute atomic E-state index is 12.6. The van der Waals surface area contributed by atoms with E-state index in [0.29, 0.717) is 35.9 Å². The van der Waals surface area contributed by atoms with Gasteiger partial charge in [0.15, 0.2) is 11.5 Å². The zero-order valence-electron chi connectivity index (χ0n) is 14.9. The van der Waals surface area contributed by atoms with Crippen molar-refractivity contribution in [3.63, 3.8) is 0 Å². The highest BCUT2D eigenvalue weighted by atomic mass is 79.9. The molecule has 0 aliphatic rings. The number of carbonyl (C=O) groups is 1. The number of pyridine rings is 1. The fraction of sp³-hybridized carbons (Fsp3) is 0.263. The summed E-state index contributed by atoms with van der Waals surface area (Å²) in [4.78, 5) is 17.1. The number of carbonyl (C=O) groups excluding carboxylic acids is 1. The molecule has 0 aliphatic carbocycles. The van der Waals surface area contributed by atoms with Crippen LogP contribution in [0.4, 0.5) is 0 Å². The zero-order valence-corrected chi connectivity index (χ0v) is 16.5. The van der Waals surface area contributed by atoms with Crippen LogP contribution in [0.2, 0.25) is 0 Å². The lowest BCUT2D eigenvalue weighted by atomic mass is 10.1. The quantitative estimate of drug-likeness (QED) is 0.667. The van der Waals surface area contributed by atoms with Gasteiger partial charge in [0.2, 0.25) is 0 Å². The van der Waals surface area contributed by atoms with Gasteiger partial charge >= 0.3 is 0 Å². The van der Waals surface area contributed by atoms with Crippen LogP contribution in [-0.2, 0) is 6.42 Å². The van der Waals surface area contributed by atoms with Crippen molar-refractivity contribution in [1.82, 2.24) is 14.7 Å². The number of hydrogen-bond donors (Lipinski definition) is 1. The number of fused-ring (bicyclic) bond motifs is 1. The van der Waals surface area contributed by atoms with Gasteiger partial charge < -0.3 is 14.8 Å². The van der Waals surface area contributed by atoms with Crippen LogP contribution in [-0.4, -0.2) is 36.1 Å². The summed E-state index contributed by atoms with van der Waals surface area (Å²) in [5.41, 5.74) is 3.05. The minimum atomic E-state index is -0.145. The Morgan fingerprint density at radius 1 is 1.19 bits per heavy atom. The van der Waals surface area contributed by atoms with Crippen molar-refractivity contribution < 1.29 is 14.3 Å². The number of rotatable bonds is 6. The number of methoxy groups -OCH3 is 2. The average Bonchev–Trinajstić information content (AvgIpc) is 2.96. The number of imidazole rings is 1. The van der Waals surface area contributed by atoms with Crippen LogP contribution in [0.15, 0.2) is 41.0 Å². The summed E-state index contributed by atoms with van der Waals surface area (Å²) in [5, 5.41) is 2.96. The van der Waals surface area contributed by atoms with Gasteiger partial charge in [-0.15, -0.1) is 0 Å². The van der Waals surface area contributed by atoms with E-state index in [0.717, 1.165) is 15.7 Å². The van der Waals surface area contributed by atoms with E-state index in [1.807, 2.05) is 43.5 Å². The normalized spacial score (nSPS) is 10.8. The van der Waals surface area contributed by atoms with E-state index in [4.69, 9.17) is 9.47 Å². The topological polar surface area (TPSA) is 64.9 Å². The number of ether oxygens (including phenoxy) is 2. The first-order chi connectivity index (χ1) is 12.5. The molecule has 0 fully saturated rings. The molecule has 0 atom stereocenters. The first-order valence-corrected chi connectivity index (χ1v) is 8.96. The summed E-state index contributed by atoms with van der Waals surface area (Å²) < 4.78 is 13.2. The van der Waals surface area contributed by atoms with Crippen molar-refractivity contribution in [3.05, 3.63) is 58.0 Å². The SMILES string of the molecule is COc1ccc(CCNC(=O)c2c(C)nc3ccc(Br)cn23)cc1OC. The summed E-state index contributed by atoms with van der Waals surface area (Å²) in [6.07, 6.45) is 2.53. The van der Waals surface area contributed by atoms with Gasteiger partial charge in [0.05, 0.1) is 19.9 Å². The number of amides is 1. The zero-order chi connectivity index (χ0) is 18.7. The van der Waals surface area contributed by atoms with Crippen LogP contribution in [0.25, 0.3) is 5.65 Å². The molecule has 1 aromatic carbocycles. The fourth-order valence-electron chi connectivity index (χ4n) is 2.85. The van der Waals surface area contributed by atoms with E-state index in [-0.39, 0.29) is 5.91 Å². The number of aryl methyl sites for hydroxylation is 1. The molecule has 6 nitrogen and oxygen atoms in total. The Morgan fingerprint density at radius 2 is 1.96 bits per heavy atom. The molecular weight excluding hydrogens is 398 g/mol. The first-order valence-electron chi connectivity index (χ1n) is 8.16. The predicted octanol–water partition coefficient (Wildman–Crippen LogP) is 3.39. The second-order valence-electron chi connectivity index (χ2n) is 5.82. The van der Waals surface area contributed by atoms with Gasteiger partial charge in [0, 0.05) is 17.2 Å². The Bertz CT molecular complexity index is 953. The highest BCUT2D eigenvalue weighted by Gasteiger charge is 2.16. The number of aromatic nitrogens is 2. The van der Waals surface area contributed by atoms with Gasteiger partial charge in [-0.25, -0.2) is 4.98 Å². The molecule has 0 aliphatic heterocycles. The number of hydrogen-bond acceptors (Lipinski definition) is 4. The van der Waals surface area contributed by atoms with Crippen LogP contribution >= 0.6 is 15.9 Å². The Hall–Kier alpha value is -2.54. The van der Waals surface area contributed by atoms with Gasteiger partial charge in [-0.1, -0.05) is 6.07 Å². The Kier molecular flexibility index (Phi) is 5.46. The smallest absolute Gasteiger partial charge is 0.270 e. The molecular formula is C19H20BrN3O3. The largest absolute Gasteiger partial charge is 0.493 e. The summed E-state index contributed by atoms with van der Waals surface area (Å²) in [6, 6.07) is 9.52. The van der Waals surface area contributed by atoms with Gasteiger partial charge in [-0.3, -0.25) is 9.20 Å². The number of nitrogens with one attached hydrogen (secondary N) is 1. The maximum atomic E-state index is 12.6. The van der Waals surface area contributed by atoms with E-state index in [9.17, 15) is 4.79 Å². The molecule has 0 radical (unpaired) electrons. The molecule has 3 aromatic rings. The van der Waals surface area contributed by atoms with E-state index in [1.54, 1.807) is 18.6 Å². The van der Waals surface area contributed by atoms with Crippen LogP contribution in [0.1, 0.15) is 21.7 Å². The Morgan fingerprint density at radius 3 is 2.69 bits per heavy atom. The molecule has 3 rings (SSSR count). The lowest BCUT2D eigenvalue weighted by Gasteiger charge is -2.10. The molecule has 0 unspecified atom stereocenters. The Labute approximate surface area is 160 Å². The van der Waals surface area contributed by atoms with Gasteiger partial charge in [-0.2, -0.15) is 0 Å². The minimum absolute atomic E-state index is 0.145. The highest BCUT2D eigenvalue weighted by molar-refractivity contribution is 9.10. The third-order valence-corrected chi connectivity index (χ3v) is 4.59. The monoisotopic (exact) mass is 417 g/mol. The van der Waals surface area contributed by atoms with Crippen molar-refractivity contribution in [1.29, 1.82) is 0 Å². The average molecular weight is 418 g/mol. The molecule has 136 valence electrons. The van der Waals surface area contributed by atoms with Gasteiger partial charge in [-0.05, 0) is 59.1 Å². The van der Waals surface area contributed by atoms with Crippen LogP contribution in [0, 0.1) is 6.92 Å². The first kappa shape index (κ1) is 18.3. The molecule has 2 aromatic heterocycles. The third kappa shape index (κ3) is 3.67. The molecule has 26 heavy (non-hydrogen) atoms. The van der Waals surface area contributed by atoms with Gasteiger partial charge in [0.1, 0.15) is 11.3 Å². The molecule has 0 saturated carbocycles. The van der Waals surface area contributed by atoms with Crippen molar-refractivity contribution >= 4 is 27.5 Å². The molecule has 0 spiro atoms. The maximum Gasteiger partial charge on any atom is 0.270 e. The molecule has 0 saturated heterocycles. The van der Waals surface area contributed by atoms with Crippen molar-refractivity contribution in [2.24, 2.45) is 0 Å². The van der Waals surface area contributed by atoms with Crippen molar-refractivity contribution in [2.45, 2.75) is 13.3 Å². The van der Waals surface area contributed by atoms with E-state index < -0.39 is 0 Å². The number of nitrogens with zero attached hydrogens (tertiary/aromatic N) is 2. The third-order valence-electron chi connectivity index (χ3n) is 4.12. The standard InChI is InChI=1S/C19H20BrN3O3/c1-12-18(23-11-14(20)5-7-17(23)22-12)19(24)21-9-8-13-4-6-15(25-2)16(10-13)26-3/h4-7,10-11H,8-9H2,1-3H3,(H,21,24). The number of halogens is 1. The van der Waals surface area contributed by atoms with Crippen molar-refractivity contribution in [3.8, 4) is 11.5 Å². The number of benzene rings is 1. The summed E-state index contributed by atoms with van der Waals surface area (Å²) in [7, 11) is 3.21. The van der Waals surface area contributed by atoms with Crippen LogP contribution < -0.4 is 14.8 Å². The molecule has 7 heteroatoms. The molecule has 0 bridgehead atoms. The van der Waals surface area contributed by atoms with E-state index in [2.05, 4.69) is 26.2 Å². The highest BCUT2D eigenvalue weighted by Crippen LogP contribution is 2.27.